The minimum Gasteiger partial charge on any atom is -0.478 e. The Morgan fingerprint density at radius 1 is 1.19 bits per heavy atom. The van der Waals surface area contributed by atoms with E-state index in [2.05, 4.69) is 4.98 Å². The predicted molar refractivity (Wildman–Crippen MR) is 103 cm³/mol. The van der Waals surface area contributed by atoms with E-state index >= 15 is 0 Å². The zero-order chi connectivity index (χ0) is 18.3. The maximum atomic E-state index is 13.1. The highest BCUT2D eigenvalue weighted by molar-refractivity contribution is 7.17. The molecule has 0 aliphatic carbocycles. The van der Waals surface area contributed by atoms with Crippen LogP contribution in [0.1, 0.15) is 28.7 Å². The highest BCUT2D eigenvalue weighted by atomic mass is 32.1. The number of benzene rings is 2. The van der Waals surface area contributed by atoms with Gasteiger partial charge >= 0.3 is 5.97 Å². The van der Waals surface area contributed by atoms with Crippen molar-refractivity contribution in [2.24, 2.45) is 0 Å². The number of carbonyl (C=O) groups is 1. The molecule has 0 saturated heterocycles. The molecule has 5 nitrogen and oxygen atoms in total. The van der Waals surface area contributed by atoms with Crippen molar-refractivity contribution < 1.29 is 9.90 Å². The number of nitrogens with zero attached hydrogens (tertiary/aromatic N) is 2. The fourth-order valence-electron chi connectivity index (χ4n) is 3.26. The third-order valence-corrected chi connectivity index (χ3v) is 5.40. The Hall–Kier alpha value is -2.99. The van der Waals surface area contributed by atoms with Crippen LogP contribution in [0.2, 0.25) is 0 Å². The molecular weight excluding hydrogens is 348 g/mol. The molecule has 4 aromatic rings. The largest absolute Gasteiger partial charge is 0.478 e. The van der Waals surface area contributed by atoms with Crippen LogP contribution in [-0.4, -0.2) is 20.6 Å². The van der Waals surface area contributed by atoms with Gasteiger partial charge in [0.1, 0.15) is 10.7 Å². The fourth-order valence-corrected chi connectivity index (χ4v) is 4.18. The number of hydrogen-bond acceptors (Lipinski definition) is 4. The van der Waals surface area contributed by atoms with Gasteiger partial charge in [0.15, 0.2) is 0 Å². The number of thiophene rings is 1. The average Bonchev–Trinajstić information content (AvgIpc) is 3.08. The second kappa shape index (κ2) is 6.38. The minimum absolute atomic E-state index is 0.0248. The van der Waals surface area contributed by atoms with Crippen molar-refractivity contribution in [3.63, 3.8) is 0 Å². The van der Waals surface area contributed by atoms with Crippen molar-refractivity contribution in [1.29, 1.82) is 0 Å². The summed E-state index contributed by atoms with van der Waals surface area (Å²) in [5.41, 5.74) is 0.739. The van der Waals surface area contributed by atoms with Crippen LogP contribution in [0.25, 0.3) is 21.0 Å². The standard InChI is InChI=1S/C20H16N2O3S/c1-2-16-21-18-17(15(11-26-18)20(24)25)19(23)22(16)10-13-8-5-7-12-6-3-4-9-14(12)13/h3-9,11H,2,10H2,1H3,(H,24,25). The predicted octanol–water partition coefficient (Wildman–Crippen LogP) is 3.92. The van der Waals surface area contributed by atoms with Gasteiger partial charge in [0, 0.05) is 11.8 Å². The third kappa shape index (κ3) is 2.59. The SMILES string of the molecule is CCc1nc2scc(C(=O)O)c2c(=O)n1Cc1cccc2ccccc12. The molecule has 0 radical (unpaired) electrons. The molecule has 0 fully saturated rings. The van der Waals surface area contributed by atoms with Crippen LogP contribution in [0, 0.1) is 0 Å². The molecule has 0 amide bonds. The van der Waals surface area contributed by atoms with E-state index in [1.54, 1.807) is 4.57 Å². The van der Waals surface area contributed by atoms with Crippen molar-refractivity contribution >= 4 is 38.3 Å². The number of rotatable bonds is 4. The molecule has 2 aromatic carbocycles. The fraction of sp³-hybridized carbons (Fsp3) is 0.150. The summed E-state index contributed by atoms with van der Waals surface area (Å²) in [6, 6.07) is 14.0. The third-order valence-electron chi connectivity index (χ3n) is 4.53. The summed E-state index contributed by atoms with van der Waals surface area (Å²) in [4.78, 5) is 29.6. The van der Waals surface area contributed by atoms with E-state index < -0.39 is 5.97 Å². The molecule has 0 atom stereocenters. The second-order valence-electron chi connectivity index (χ2n) is 6.05. The van der Waals surface area contributed by atoms with Gasteiger partial charge < -0.3 is 5.11 Å². The second-order valence-corrected chi connectivity index (χ2v) is 6.90. The monoisotopic (exact) mass is 364 g/mol. The maximum absolute atomic E-state index is 13.1. The smallest absolute Gasteiger partial charge is 0.337 e. The number of aryl methyl sites for hydroxylation is 1. The van der Waals surface area contributed by atoms with Gasteiger partial charge in [-0.15, -0.1) is 11.3 Å². The Morgan fingerprint density at radius 3 is 2.73 bits per heavy atom. The highest BCUT2D eigenvalue weighted by Crippen LogP contribution is 2.23. The quantitative estimate of drug-likeness (QED) is 0.596. The van der Waals surface area contributed by atoms with Gasteiger partial charge in [-0.05, 0) is 16.3 Å². The number of aromatic nitrogens is 2. The van der Waals surface area contributed by atoms with E-state index in [0.29, 0.717) is 23.6 Å². The summed E-state index contributed by atoms with van der Waals surface area (Å²) in [7, 11) is 0. The molecule has 0 saturated carbocycles. The van der Waals surface area contributed by atoms with E-state index in [9.17, 15) is 14.7 Å². The number of carboxylic acid groups (broad SMARTS) is 1. The Balaban J connectivity index is 1.95. The summed E-state index contributed by atoms with van der Waals surface area (Å²) < 4.78 is 1.60. The van der Waals surface area contributed by atoms with Crippen LogP contribution in [-0.2, 0) is 13.0 Å². The lowest BCUT2D eigenvalue weighted by molar-refractivity contribution is 0.0699. The first-order chi connectivity index (χ1) is 12.6. The van der Waals surface area contributed by atoms with Crippen molar-refractivity contribution in [2.75, 3.05) is 0 Å². The van der Waals surface area contributed by atoms with Gasteiger partial charge in [0.25, 0.3) is 5.56 Å². The van der Waals surface area contributed by atoms with Crippen LogP contribution in [0.4, 0.5) is 0 Å². The molecule has 4 rings (SSSR count). The zero-order valence-corrected chi connectivity index (χ0v) is 14.9. The van der Waals surface area contributed by atoms with E-state index in [1.165, 1.54) is 16.7 Å². The average molecular weight is 364 g/mol. The molecule has 0 unspecified atom stereocenters. The Morgan fingerprint density at radius 2 is 1.96 bits per heavy atom. The van der Waals surface area contributed by atoms with Gasteiger partial charge in [0.2, 0.25) is 0 Å². The maximum Gasteiger partial charge on any atom is 0.337 e. The number of hydrogen-bond donors (Lipinski definition) is 1. The molecule has 0 aliphatic heterocycles. The molecule has 2 aromatic heterocycles. The number of fused-ring (bicyclic) bond motifs is 2. The van der Waals surface area contributed by atoms with Crippen molar-refractivity contribution in [3.05, 3.63) is 75.1 Å². The summed E-state index contributed by atoms with van der Waals surface area (Å²) in [5, 5.41) is 13.2. The van der Waals surface area contributed by atoms with Crippen LogP contribution < -0.4 is 5.56 Å². The first kappa shape index (κ1) is 16.5. The lowest BCUT2D eigenvalue weighted by Gasteiger charge is -2.13. The normalized spacial score (nSPS) is 11.3. The molecule has 2 heterocycles. The van der Waals surface area contributed by atoms with Crippen molar-refractivity contribution in [1.82, 2.24) is 9.55 Å². The van der Waals surface area contributed by atoms with Crippen LogP contribution in [0.5, 0.6) is 0 Å². The molecule has 6 heteroatoms. The topological polar surface area (TPSA) is 72.2 Å². The van der Waals surface area contributed by atoms with Crippen LogP contribution in [0.15, 0.2) is 52.6 Å². The van der Waals surface area contributed by atoms with Gasteiger partial charge in [-0.1, -0.05) is 49.4 Å². The molecule has 0 aliphatic rings. The highest BCUT2D eigenvalue weighted by Gasteiger charge is 2.19. The van der Waals surface area contributed by atoms with E-state index in [1.807, 2.05) is 49.4 Å². The van der Waals surface area contributed by atoms with Crippen LogP contribution in [0.3, 0.4) is 0 Å². The van der Waals surface area contributed by atoms with Gasteiger partial charge in [0.05, 0.1) is 17.5 Å². The summed E-state index contributed by atoms with van der Waals surface area (Å²) in [5.74, 6) is -0.440. The van der Waals surface area contributed by atoms with E-state index in [4.69, 9.17) is 0 Å². The lowest BCUT2D eigenvalue weighted by Crippen LogP contribution is -2.26. The molecule has 26 heavy (non-hydrogen) atoms. The van der Waals surface area contributed by atoms with Gasteiger partial charge in [-0.3, -0.25) is 9.36 Å². The van der Waals surface area contributed by atoms with E-state index in [-0.39, 0.29) is 16.5 Å². The number of aromatic carboxylic acids is 1. The first-order valence-corrected chi connectivity index (χ1v) is 9.19. The summed E-state index contributed by atoms with van der Waals surface area (Å²) in [6.07, 6.45) is 0.594. The lowest BCUT2D eigenvalue weighted by atomic mass is 10.0. The van der Waals surface area contributed by atoms with Crippen LogP contribution >= 0.6 is 11.3 Å². The minimum atomic E-state index is -1.10. The Kier molecular flexibility index (Phi) is 4.05. The van der Waals surface area contributed by atoms with Gasteiger partial charge in [-0.25, -0.2) is 9.78 Å². The molecule has 130 valence electrons. The zero-order valence-electron chi connectivity index (χ0n) is 14.1. The Labute approximate surface area is 153 Å². The van der Waals surface area contributed by atoms with E-state index in [0.717, 1.165) is 16.3 Å². The molecular formula is C20H16N2O3S. The summed E-state index contributed by atoms with van der Waals surface area (Å²) in [6.45, 7) is 2.31. The summed E-state index contributed by atoms with van der Waals surface area (Å²) >= 11 is 1.20. The molecule has 0 spiro atoms. The van der Waals surface area contributed by atoms with Crippen molar-refractivity contribution in [2.45, 2.75) is 19.9 Å². The van der Waals surface area contributed by atoms with Crippen molar-refractivity contribution in [3.8, 4) is 0 Å². The first-order valence-electron chi connectivity index (χ1n) is 8.31. The molecule has 1 N–H and O–H groups in total. The number of carboxylic acids is 1. The molecule has 0 bridgehead atoms. The Bertz CT molecular complexity index is 1200. The van der Waals surface area contributed by atoms with Gasteiger partial charge in [-0.2, -0.15) is 0 Å².